The number of carbonyl (C=O) groups is 2. The number of aryl methyl sites for hydroxylation is 2. The maximum absolute atomic E-state index is 14.9. The van der Waals surface area contributed by atoms with E-state index >= 15 is 0 Å². The van der Waals surface area contributed by atoms with E-state index in [1.807, 2.05) is 0 Å². The average molecular weight is 666 g/mol. The molecule has 0 bridgehead atoms. The van der Waals surface area contributed by atoms with Crippen molar-refractivity contribution < 1.29 is 36.1 Å². The third kappa shape index (κ3) is 6.07. The number of nitrogens with zero attached hydrogens (tertiary/aromatic N) is 5. The van der Waals surface area contributed by atoms with Gasteiger partial charge in [-0.25, -0.2) is 4.98 Å². The van der Waals surface area contributed by atoms with E-state index in [0.29, 0.717) is 11.8 Å². The second kappa shape index (κ2) is 12.1. The lowest BCUT2D eigenvalue weighted by atomic mass is 9.82. The zero-order valence-corrected chi connectivity index (χ0v) is 26.9. The Morgan fingerprint density at radius 3 is 2.32 bits per heavy atom. The molecule has 3 aromatic rings. The van der Waals surface area contributed by atoms with E-state index in [9.17, 15) is 31.5 Å². The van der Waals surface area contributed by atoms with Gasteiger partial charge in [0.05, 0.1) is 29.8 Å². The smallest absolute Gasteiger partial charge is 0.288 e. The lowest BCUT2D eigenvalue weighted by Gasteiger charge is -2.41. The van der Waals surface area contributed by atoms with Crippen LogP contribution in [0.5, 0.6) is 0 Å². The summed E-state index contributed by atoms with van der Waals surface area (Å²) in [6.45, 7) is 3.46. The van der Waals surface area contributed by atoms with Crippen molar-refractivity contribution in [3.8, 4) is 0 Å². The summed E-state index contributed by atoms with van der Waals surface area (Å²) in [5.74, 6) is -1.19. The van der Waals surface area contributed by atoms with E-state index < -0.39 is 43.7 Å². The van der Waals surface area contributed by atoms with Crippen LogP contribution in [0, 0.1) is 13.8 Å². The molecule has 5 rings (SSSR count). The maximum Gasteiger partial charge on any atom is 0.288 e. The number of hydrogen-bond donors (Lipinski definition) is 2. The number of β-amino-alcohol motifs (C(OH)–C–C–N with tert-alkyl or cyclic N) is 1. The number of likely N-dealkylation sites (tertiary alicyclic amines) is 1. The minimum atomic E-state index is -4.50. The zero-order chi connectivity index (χ0) is 32.8. The van der Waals surface area contributed by atoms with E-state index in [-0.39, 0.29) is 45.9 Å². The van der Waals surface area contributed by atoms with Crippen LogP contribution >= 0.6 is 11.6 Å². The van der Waals surface area contributed by atoms with Gasteiger partial charge in [0.1, 0.15) is 0 Å². The first-order chi connectivity index (χ1) is 20.4. The summed E-state index contributed by atoms with van der Waals surface area (Å²) in [6, 6.07) is 9.97. The van der Waals surface area contributed by atoms with Gasteiger partial charge in [-0.2, -0.15) is 21.1 Å². The quantitative estimate of drug-likeness (QED) is 0.379. The Labute approximate surface area is 260 Å². The van der Waals surface area contributed by atoms with Crippen molar-refractivity contribution in [1.29, 1.82) is 0 Å². The molecule has 1 unspecified atom stereocenters. The predicted octanol–water partition coefficient (Wildman–Crippen LogP) is 1.75. The molecule has 2 aliphatic rings. The number of halogens is 1. The van der Waals surface area contributed by atoms with Gasteiger partial charge in [0.25, 0.3) is 26.0 Å². The molecule has 16 heteroatoms. The highest BCUT2D eigenvalue weighted by atomic mass is 35.5. The Balaban J connectivity index is 0.000000818. The van der Waals surface area contributed by atoms with Crippen LogP contribution in [-0.2, 0) is 35.3 Å². The van der Waals surface area contributed by atoms with Crippen molar-refractivity contribution in [2.45, 2.75) is 43.0 Å². The second-order valence-corrected chi connectivity index (χ2v) is 14.4. The van der Waals surface area contributed by atoms with Crippen molar-refractivity contribution in [3.05, 3.63) is 82.3 Å². The van der Waals surface area contributed by atoms with Crippen molar-refractivity contribution >= 4 is 49.2 Å². The molecule has 44 heavy (non-hydrogen) atoms. The third-order valence-corrected chi connectivity index (χ3v) is 9.09. The van der Waals surface area contributed by atoms with Crippen LogP contribution in [0.15, 0.2) is 59.9 Å². The molecule has 236 valence electrons. The van der Waals surface area contributed by atoms with Crippen molar-refractivity contribution in [3.63, 3.8) is 0 Å². The van der Waals surface area contributed by atoms with Gasteiger partial charge in [0.15, 0.2) is 10.6 Å². The highest BCUT2D eigenvalue weighted by Crippen LogP contribution is 2.53. The predicted molar refractivity (Wildman–Crippen MR) is 162 cm³/mol. The third-order valence-electron chi connectivity index (χ3n) is 7.24. The molecular formula is C28H32ClN5O8S2. The number of fused-ring (bicyclic) bond motifs is 1. The Morgan fingerprint density at radius 1 is 1.09 bits per heavy atom. The van der Waals surface area contributed by atoms with Gasteiger partial charge in [-0.3, -0.25) is 24.0 Å². The fourth-order valence-electron chi connectivity index (χ4n) is 5.51. The minimum Gasteiger partial charge on any atom is -0.392 e. The number of amides is 2. The van der Waals surface area contributed by atoms with Gasteiger partial charge in [0, 0.05) is 43.6 Å². The molecule has 0 radical (unpaired) electrons. The van der Waals surface area contributed by atoms with E-state index in [1.165, 1.54) is 41.6 Å². The Kier molecular flexibility index (Phi) is 9.22. The van der Waals surface area contributed by atoms with Gasteiger partial charge in [0.2, 0.25) is 5.91 Å². The first kappa shape index (κ1) is 33.4. The summed E-state index contributed by atoms with van der Waals surface area (Å²) in [7, 11) is -4.99. The monoisotopic (exact) mass is 665 g/mol. The molecule has 2 N–H and O–H groups in total. The Bertz CT molecular complexity index is 1810. The van der Waals surface area contributed by atoms with Gasteiger partial charge in [-0.1, -0.05) is 23.7 Å². The van der Waals surface area contributed by atoms with Crippen LogP contribution in [0.2, 0.25) is 5.02 Å². The van der Waals surface area contributed by atoms with Crippen LogP contribution < -0.4 is 4.31 Å². The maximum atomic E-state index is 14.9. The fraction of sp³-hybridized carbons (Fsp3) is 0.357. The highest BCUT2D eigenvalue weighted by molar-refractivity contribution is 7.93. The fourth-order valence-corrected chi connectivity index (χ4v) is 7.06. The number of aliphatic hydroxyl groups is 1. The number of benzene rings is 1. The first-order valence-electron chi connectivity index (χ1n) is 13.2. The van der Waals surface area contributed by atoms with Crippen LogP contribution in [0.25, 0.3) is 0 Å². The van der Waals surface area contributed by atoms with Crippen LogP contribution in [0.3, 0.4) is 0 Å². The van der Waals surface area contributed by atoms with Gasteiger partial charge in [-0.05, 0) is 61.7 Å². The van der Waals surface area contributed by atoms with Crippen molar-refractivity contribution in [2.75, 3.05) is 31.2 Å². The molecule has 1 fully saturated rings. The van der Waals surface area contributed by atoms with E-state index in [4.69, 9.17) is 16.2 Å². The summed E-state index contributed by atoms with van der Waals surface area (Å²) in [5, 5.41) is 10.8. The Hall–Kier alpha value is -3.47. The molecule has 1 saturated heterocycles. The average Bonchev–Trinajstić information content (AvgIpc) is 3.43. The zero-order valence-electron chi connectivity index (χ0n) is 24.5. The van der Waals surface area contributed by atoms with E-state index in [2.05, 4.69) is 9.97 Å². The van der Waals surface area contributed by atoms with Gasteiger partial charge < -0.3 is 10.0 Å². The van der Waals surface area contributed by atoms with Crippen molar-refractivity contribution in [1.82, 2.24) is 19.8 Å². The number of sulfonamides is 1. The molecule has 0 aliphatic carbocycles. The van der Waals surface area contributed by atoms with Crippen LogP contribution in [0.4, 0.5) is 5.69 Å². The number of aromatic nitrogens is 2. The SMILES string of the molecule is CS(=O)(=O)O.Cc1ccc(S(=O)(=O)N2C(=O)C(c3ncccc3C)(N3C[C@H](O)C[C@H]3C(=O)N(C)C)c3cc(Cl)ccc32)nc1. The number of rotatable bonds is 5. The normalized spacial score (nSPS) is 21.9. The molecule has 2 aliphatic heterocycles. The number of pyridine rings is 2. The molecule has 1 aromatic carbocycles. The van der Waals surface area contributed by atoms with Crippen LogP contribution in [0.1, 0.15) is 28.8 Å². The number of aliphatic hydroxyl groups excluding tert-OH is 1. The van der Waals surface area contributed by atoms with E-state index in [0.717, 1.165) is 9.87 Å². The first-order valence-corrected chi connectivity index (χ1v) is 16.9. The lowest BCUT2D eigenvalue weighted by Crippen LogP contribution is -2.59. The standard InChI is InChI=1S/C27H28ClN5O5S.CH4O3S/c1-16-7-10-23(30-14-16)39(37,38)33-21-9-8-18(28)12-20(21)27(26(33)36,24-17(2)6-5-11-29-24)32-15-19(34)13-22(32)25(35)31(3)4;1-5(2,3)4/h5-12,14,19,22,34H,13,15H2,1-4H3;1H3,(H,2,3,4)/t19-,22+,27?;/m1./s1. The summed E-state index contributed by atoms with van der Waals surface area (Å²) in [4.78, 5) is 39.9. The molecule has 13 nitrogen and oxygen atoms in total. The summed E-state index contributed by atoms with van der Waals surface area (Å²) >= 11 is 6.45. The summed E-state index contributed by atoms with van der Waals surface area (Å²) in [5.41, 5.74) is 0.0541. The largest absolute Gasteiger partial charge is 0.392 e. The molecule has 0 saturated carbocycles. The topological polar surface area (TPSA) is 178 Å². The number of likely N-dealkylation sites (N-methyl/N-ethyl adjacent to an activating group) is 1. The van der Waals surface area contributed by atoms with Crippen LogP contribution in [-0.4, -0.2) is 97.1 Å². The van der Waals surface area contributed by atoms with Crippen molar-refractivity contribution in [2.24, 2.45) is 0 Å². The molecule has 0 spiro atoms. The molecular weight excluding hydrogens is 634 g/mol. The second-order valence-electron chi connectivity index (χ2n) is 10.8. The highest BCUT2D eigenvalue weighted by Gasteiger charge is 2.64. The van der Waals surface area contributed by atoms with Gasteiger partial charge in [-0.15, -0.1) is 0 Å². The number of hydrogen-bond acceptors (Lipinski definition) is 10. The number of anilines is 1. The minimum absolute atomic E-state index is 0.0556. The summed E-state index contributed by atoms with van der Waals surface area (Å²) < 4.78 is 54.7. The summed E-state index contributed by atoms with van der Waals surface area (Å²) in [6.07, 6.45) is 2.75. The molecule has 3 atom stereocenters. The molecule has 4 heterocycles. The Morgan fingerprint density at radius 2 is 1.75 bits per heavy atom. The lowest BCUT2D eigenvalue weighted by molar-refractivity contribution is -0.138. The number of carbonyl (C=O) groups excluding carboxylic acids is 2. The van der Waals surface area contributed by atoms with E-state index in [1.54, 1.807) is 51.0 Å². The molecule has 2 aromatic heterocycles. The van der Waals surface area contributed by atoms with Gasteiger partial charge >= 0.3 is 0 Å². The molecule has 2 amide bonds.